The fourth-order valence-electron chi connectivity index (χ4n) is 4.27. The van der Waals surface area contributed by atoms with Crippen LogP contribution in [-0.2, 0) is 13.6 Å². The van der Waals surface area contributed by atoms with Crippen LogP contribution in [0.25, 0.3) is 0 Å². The molecule has 0 radical (unpaired) electrons. The van der Waals surface area contributed by atoms with Gasteiger partial charge < -0.3 is 13.6 Å². The van der Waals surface area contributed by atoms with Crippen molar-refractivity contribution < 1.29 is 13.6 Å². The minimum atomic E-state index is -2.59. The Bertz CT molecular complexity index is 872. The smallest absolute Gasteiger partial charge is 0.261 e. The first-order valence-corrected chi connectivity index (χ1v) is 16.9. The van der Waals surface area contributed by atoms with Crippen LogP contribution in [0.2, 0.25) is 23.2 Å². The third kappa shape index (κ3) is 5.71. The number of hydrogen-bond donors (Lipinski definition) is 0. The summed E-state index contributed by atoms with van der Waals surface area (Å²) in [6.07, 6.45) is 4.70. The van der Waals surface area contributed by atoms with E-state index in [-0.39, 0.29) is 22.3 Å². The molecule has 2 aromatic carbocycles. The van der Waals surface area contributed by atoms with Crippen molar-refractivity contribution in [2.24, 2.45) is 0 Å². The van der Waals surface area contributed by atoms with Crippen LogP contribution in [-0.4, -0.2) is 35.4 Å². The molecule has 3 rings (SSSR count). The summed E-state index contributed by atoms with van der Waals surface area (Å²) in [6.45, 7) is 19.0. The first kappa shape index (κ1) is 25.9. The highest BCUT2D eigenvalue weighted by molar-refractivity contribution is 6.99. The number of rotatable bonds is 7. The summed E-state index contributed by atoms with van der Waals surface area (Å²) >= 11 is 0. The molecule has 0 spiro atoms. The van der Waals surface area contributed by atoms with E-state index in [1.807, 2.05) is 6.26 Å². The van der Waals surface area contributed by atoms with Crippen molar-refractivity contribution in [1.82, 2.24) is 0 Å². The zero-order valence-corrected chi connectivity index (χ0v) is 23.7. The van der Waals surface area contributed by atoms with Crippen LogP contribution in [0.5, 0.6) is 0 Å². The van der Waals surface area contributed by atoms with Gasteiger partial charge in [0, 0.05) is 6.42 Å². The molecule has 0 saturated heterocycles. The third-order valence-corrected chi connectivity index (χ3v) is 16.8. The number of hydrogen-bond acceptors (Lipinski definition) is 3. The lowest BCUT2D eigenvalue weighted by Crippen LogP contribution is -2.67. The summed E-state index contributed by atoms with van der Waals surface area (Å²) in [5, 5.41) is 2.74. The lowest BCUT2D eigenvalue weighted by atomic mass is 10.1. The van der Waals surface area contributed by atoms with Crippen molar-refractivity contribution in [2.45, 2.75) is 83.3 Å². The molecular formula is C28H42O3Si2. The summed E-state index contributed by atoms with van der Waals surface area (Å²) in [7, 11) is -4.42. The molecule has 0 bridgehead atoms. The van der Waals surface area contributed by atoms with E-state index in [9.17, 15) is 0 Å². The van der Waals surface area contributed by atoms with Gasteiger partial charge in [0.25, 0.3) is 8.32 Å². The van der Waals surface area contributed by atoms with Crippen molar-refractivity contribution in [3.05, 3.63) is 73.0 Å². The highest BCUT2D eigenvalue weighted by Crippen LogP contribution is 2.39. The van der Waals surface area contributed by atoms with Crippen LogP contribution in [0, 0.1) is 0 Å². The zero-order chi connectivity index (χ0) is 24.3. The minimum absolute atomic E-state index is 0.00680. The fourth-order valence-corrected chi connectivity index (χ4v) is 9.95. The fraction of sp³-hybridized carbons (Fsp3) is 0.500. The van der Waals surface area contributed by atoms with Crippen LogP contribution in [0.3, 0.4) is 0 Å². The molecule has 0 unspecified atom stereocenters. The zero-order valence-electron chi connectivity index (χ0n) is 21.7. The monoisotopic (exact) mass is 482 g/mol. The Morgan fingerprint density at radius 3 is 1.79 bits per heavy atom. The average molecular weight is 483 g/mol. The molecule has 180 valence electrons. The minimum Gasteiger partial charge on any atom is -0.496 e. The molecule has 0 fully saturated rings. The topological polar surface area (TPSA) is 27.7 Å². The molecule has 1 aliphatic rings. The third-order valence-electron chi connectivity index (χ3n) is 7.24. The number of ether oxygens (including phenoxy) is 1. The van der Waals surface area contributed by atoms with Gasteiger partial charge in [-0.05, 0) is 39.6 Å². The van der Waals surface area contributed by atoms with E-state index < -0.39 is 16.6 Å². The first-order valence-electron chi connectivity index (χ1n) is 12.1. The van der Waals surface area contributed by atoms with Gasteiger partial charge in [-0.25, -0.2) is 0 Å². The summed E-state index contributed by atoms with van der Waals surface area (Å²) in [5.41, 5.74) is 0. The molecule has 0 N–H and O–H groups in total. The second kappa shape index (κ2) is 9.91. The van der Waals surface area contributed by atoms with Crippen molar-refractivity contribution in [2.75, 3.05) is 6.61 Å². The van der Waals surface area contributed by atoms with Crippen molar-refractivity contribution in [3.8, 4) is 0 Å². The van der Waals surface area contributed by atoms with Crippen molar-refractivity contribution in [1.29, 1.82) is 0 Å². The van der Waals surface area contributed by atoms with Crippen LogP contribution in [0.1, 0.15) is 48.0 Å². The standard InChI is InChI=1S/C28H42O3Si2/c1-27(2,3)32(7,8)30-22-24-21-23(19-20-29-24)31-33(28(4,5)6,25-15-11-9-12-16-25)26-17-13-10-14-18-26/h9-20,23-24H,21-22H2,1-8H3/t23-,24+/m1/s1. The van der Waals surface area contributed by atoms with E-state index >= 15 is 0 Å². The van der Waals surface area contributed by atoms with E-state index in [4.69, 9.17) is 13.6 Å². The highest BCUT2D eigenvalue weighted by atomic mass is 28.4. The van der Waals surface area contributed by atoms with Gasteiger partial charge in [-0.3, -0.25) is 0 Å². The molecule has 0 aliphatic carbocycles. The van der Waals surface area contributed by atoms with E-state index in [1.165, 1.54) is 10.4 Å². The van der Waals surface area contributed by atoms with Crippen molar-refractivity contribution >= 4 is 27.0 Å². The maximum atomic E-state index is 7.27. The summed E-state index contributed by atoms with van der Waals surface area (Å²) in [4.78, 5) is 0. The van der Waals surface area contributed by atoms with Gasteiger partial charge in [-0.15, -0.1) is 0 Å². The van der Waals surface area contributed by atoms with Gasteiger partial charge in [0.05, 0.1) is 19.0 Å². The van der Waals surface area contributed by atoms with E-state index in [0.717, 1.165) is 6.42 Å². The second-order valence-electron chi connectivity index (χ2n) is 11.7. The van der Waals surface area contributed by atoms with E-state index in [2.05, 4.69) is 121 Å². The molecule has 33 heavy (non-hydrogen) atoms. The van der Waals surface area contributed by atoms with Crippen LogP contribution in [0.15, 0.2) is 73.0 Å². The summed E-state index contributed by atoms with van der Waals surface area (Å²) in [5.74, 6) is 0. The van der Waals surface area contributed by atoms with Crippen LogP contribution >= 0.6 is 0 Å². The molecule has 0 aromatic heterocycles. The molecule has 1 aliphatic heterocycles. The second-order valence-corrected chi connectivity index (χ2v) is 20.8. The molecule has 1 heterocycles. The molecular weight excluding hydrogens is 440 g/mol. The predicted octanol–water partition coefficient (Wildman–Crippen LogP) is 6.26. The Hall–Kier alpha value is -1.67. The highest BCUT2D eigenvalue weighted by Gasteiger charge is 2.51. The van der Waals surface area contributed by atoms with Crippen molar-refractivity contribution in [3.63, 3.8) is 0 Å². The molecule has 5 heteroatoms. The maximum absolute atomic E-state index is 7.27. The lowest BCUT2D eigenvalue weighted by Gasteiger charge is -2.45. The van der Waals surface area contributed by atoms with Crippen LogP contribution in [0.4, 0.5) is 0 Å². The molecule has 0 saturated carbocycles. The predicted molar refractivity (Wildman–Crippen MR) is 144 cm³/mol. The SMILES string of the molecule is CC(C)(C)[Si](C)(C)OC[C@@H]1C[C@H](O[Si](c2ccccc2)(c2ccccc2)C(C)(C)C)C=CO1. The Kier molecular flexibility index (Phi) is 7.79. The van der Waals surface area contributed by atoms with Gasteiger partial charge in [-0.2, -0.15) is 0 Å². The quantitative estimate of drug-likeness (QED) is 0.436. The van der Waals surface area contributed by atoms with Gasteiger partial charge in [0.2, 0.25) is 0 Å². The van der Waals surface area contributed by atoms with Gasteiger partial charge in [-0.1, -0.05) is 102 Å². The Labute approximate surface area is 203 Å². The maximum Gasteiger partial charge on any atom is 0.261 e. The Morgan fingerprint density at radius 1 is 0.818 bits per heavy atom. The molecule has 0 amide bonds. The van der Waals surface area contributed by atoms with E-state index in [0.29, 0.717) is 6.61 Å². The number of benzene rings is 2. The average Bonchev–Trinajstić information content (AvgIpc) is 2.76. The molecule has 2 aromatic rings. The first-order chi connectivity index (χ1) is 15.4. The Balaban J connectivity index is 1.90. The summed E-state index contributed by atoms with van der Waals surface area (Å²) < 4.78 is 19.7. The van der Waals surface area contributed by atoms with Gasteiger partial charge in [0.1, 0.15) is 6.10 Å². The van der Waals surface area contributed by atoms with Gasteiger partial charge in [0.15, 0.2) is 8.32 Å². The van der Waals surface area contributed by atoms with Crippen LogP contribution < -0.4 is 10.4 Å². The molecule has 3 nitrogen and oxygen atoms in total. The molecule has 2 atom stereocenters. The normalized spacial score (nSPS) is 19.9. The van der Waals surface area contributed by atoms with Gasteiger partial charge >= 0.3 is 0 Å². The lowest BCUT2D eigenvalue weighted by molar-refractivity contribution is 0.0330. The largest absolute Gasteiger partial charge is 0.496 e. The Morgan fingerprint density at radius 2 is 1.33 bits per heavy atom. The van der Waals surface area contributed by atoms with E-state index in [1.54, 1.807) is 0 Å². The summed E-state index contributed by atoms with van der Waals surface area (Å²) in [6, 6.07) is 21.7.